The Morgan fingerprint density at radius 2 is 1.74 bits per heavy atom. The van der Waals surface area contributed by atoms with Crippen molar-refractivity contribution < 1.29 is 13.9 Å². The second-order valence-electron chi connectivity index (χ2n) is 7.50. The first-order valence-corrected chi connectivity index (χ1v) is 9.93. The maximum Gasteiger partial charge on any atom is 0.230 e. The van der Waals surface area contributed by atoms with Gasteiger partial charge in [-0.2, -0.15) is 0 Å². The molecule has 1 aromatic heterocycles. The predicted octanol–water partition coefficient (Wildman–Crippen LogP) is 4.98. The summed E-state index contributed by atoms with van der Waals surface area (Å²) in [7, 11) is 3.95. The zero-order valence-corrected chi connectivity index (χ0v) is 17.4. The summed E-state index contributed by atoms with van der Waals surface area (Å²) in [5.74, 6) is 0.687. The third-order valence-corrected chi connectivity index (χ3v) is 4.98. The largest absolute Gasteiger partial charge is 0.438 e. The van der Waals surface area contributed by atoms with Gasteiger partial charge < -0.3 is 9.64 Å². The average Bonchev–Trinajstić information content (AvgIpc) is 2.76. The van der Waals surface area contributed by atoms with Gasteiger partial charge in [0.25, 0.3) is 0 Å². The maximum absolute atomic E-state index is 13.7. The van der Waals surface area contributed by atoms with Gasteiger partial charge in [-0.15, -0.1) is 0 Å². The molecule has 6 heteroatoms. The summed E-state index contributed by atoms with van der Waals surface area (Å²) in [6.45, 7) is 0. The molecule has 0 N–H and O–H groups in total. The molecule has 0 radical (unpaired) electrons. The molecule has 4 rings (SSSR count). The van der Waals surface area contributed by atoms with Crippen molar-refractivity contribution in [3.63, 3.8) is 0 Å². The molecule has 3 aromatic carbocycles. The Labute approximate surface area is 180 Å². The van der Waals surface area contributed by atoms with Gasteiger partial charge in [-0.05, 0) is 47.5 Å². The fourth-order valence-corrected chi connectivity index (χ4v) is 3.31. The van der Waals surface area contributed by atoms with Crippen LogP contribution in [-0.2, 0) is 17.6 Å². The van der Waals surface area contributed by atoms with Gasteiger partial charge in [0.2, 0.25) is 5.88 Å². The van der Waals surface area contributed by atoms with Gasteiger partial charge in [-0.25, -0.2) is 14.4 Å². The van der Waals surface area contributed by atoms with Crippen molar-refractivity contribution in [2.45, 2.75) is 12.8 Å². The topological polar surface area (TPSA) is 55.3 Å². The van der Waals surface area contributed by atoms with Crippen LogP contribution in [0.3, 0.4) is 0 Å². The average molecular weight is 415 g/mol. The molecule has 0 atom stereocenters. The zero-order valence-electron chi connectivity index (χ0n) is 17.4. The highest BCUT2D eigenvalue weighted by molar-refractivity contribution is 5.86. The lowest BCUT2D eigenvalue weighted by molar-refractivity contribution is -0.117. The van der Waals surface area contributed by atoms with Crippen LogP contribution in [0.15, 0.2) is 73.1 Å². The Morgan fingerprint density at radius 3 is 2.48 bits per heavy atom. The van der Waals surface area contributed by atoms with E-state index in [0.717, 1.165) is 22.2 Å². The van der Waals surface area contributed by atoms with Crippen molar-refractivity contribution in [2.24, 2.45) is 0 Å². The van der Waals surface area contributed by atoms with Crippen molar-refractivity contribution in [3.05, 3.63) is 90.0 Å². The highest BCUT2D eigenvalue weighted by atomic mass is 19.1. The van der Waals surface area contributed by atoms with Gasteiger partial charge in [0.05, 0.1) is 10.9 Å². The fraction of sp³-hybridized carbons (Fsp3) is 0.160. The number of hydrogen-bond donors (Lipinski definition) is 0. The number of nitrogens with zero attached hydrogens (tertiary/aromatic N) is 3. The third kappa shape index (κ3) is 4.86. The van der Waals surface area contributed by atoms with Crippen molar-refractivity contribution in [3.8, 4) is 11.6 Å². The number of carbonyl (C=O) groups is 1. The number of halogens is 1. The summed E-state index contributed by atoms with van der Waals surface area (Å²) < 4.78 is 19.7. The van der Waals surface area contributed by atoms with Crippen LogP contribution in [-0.4, -0.2) is 29.8 Å². The molecule has 0 aliphatic rings. The van der Waals surface area contributed by atoms with Crippen LogP contribution in [0, 0.1) is 5.82 Å². The number of rotatable bonds is 7. The summed E-state index contributed by atoms with van der Waals surface area (Å²) in [4.78, 5) is 22.9. The number of ketones is 1. The number of anilines is 1. The molecule has 4 aromatic rings. The van der Waals surface area contributed by atoms with E-state index in [2.05, 4.69) is 9.97 Å². The SMILES string of the molecule is CN(C)c1ccc2c(Oc3ccc(CC(=O)Cc4ccccc4F)cc3)ncnc2c1. The number of hydrogen-bond acceptors (Lipinski definition) is 5. The van der Waals surface area contributed by atoms with E-state index in [9.17, 15) is 9.18 Å². The van der Waals surface area contributed by atoms with E-state index in [-0.39, 0.29) is 24.4 Å². The smallest absolute Gasteiger partial charge is 0.230 e. The molecule has 5 nitrogen and oxygen atoms in total. The van der Waals surface area contributed by atoms with Crippen LogP contribution < -0.4 is 9.64 Å². The van der Waals surface area contributed by atoms with Gasteiger partial charge in [0.15, 0.2) is 0 Å². The van der Waals surface area contributed by atoms with Crippen LogP contribution in [0.5, 0.6) is 11.6 Å². The van der Waals surface area contributed by atoms with Crippen LogP contribution in [0.4, 0.5) is 10.1 Å². The Hall–Kier alpha value is -3.80. The Bertz CT molecular complexity index is 1220. The normalized spacial score (nSPS) is 10.8. The summed E-state index contributed by atoms with van der Waals surface area (Å²) in [5, 5.41) is 0.817. The number of benzene rings is 3. The molecule has 156 valence electrons. The highest BCUT2D eigenvalue weighted by Gasteiger charge is 2.11. The molecule has 0 aliphatic heterocycles. The van der Waals surface area contributed by atoms with E-state index < -0.39 is 0 Å². The first kappa shape index (κ1) is 20.5. The maximum atomic E-state index is 13.7. The molecular weight excluding hydrogens is 393 g/mol. The standard InChI is InChI=1S/C25H22FN3O2/c1-29(2)19-9-12-22-24(15-19)27-16-28-25(22)31-21-10-7-17(8-11-21)13-20(30)14-18-5-3-4-6-23(18)26/h3-12,15-16H,13-14H2,1-2H3. The van der Waals surface area contributed by atoms with Crippen molar-refractivity contribution in [1.82, 2.24) is 9.97 Å². The molecule has 0 saturated heterocycles. The quantitative estimate of drug-likeness (QED) is 0.426. The molecule has 0 unspecified atom stereocenters. The number of fused-ring (bicyclic) bond motifs is 1. The lowest BCUT2D eigenvalue weighted by Gasteiger charge is -2.13. The van der Waals surface area contributed by atoms with Gasteiger partial charge >= 0.3 is 0 Å². The molecule has 31 heavy (non-hydrogen) atoms. The molecule has 0 fully saturated rings. The van der Waals surface area contributed by atoms with Crippen LogP contribution in [0.1, 0.15) is 11.1 Å². The number of carbonyl (C=O) groups excluding carboxylic acids is 1. The van der Waals surface area contributed by atoms with E-state index in [0.29, 0.717) is 17.2 Å². The van der Waals surface area contributed by atoms with E-state index in [1.165, 1.54) is 12.4 Å². The molecular formula is C25H22FN3O2. The Balaban J connectivity index is 1.45. The summed E-state index contributed by atoms with van der Waals surface area (Å²) >= 11 is 0. The number of aromatic nitrogens is 2. The summed E-state index contributed by atoms with van der Waals surface area (Å²) in [6, 6.07) is 19.5. The monoisotopic (exact) mass is 415 g/mol. The minimum atomic E-state index is -0.352. The molecule has 0 bridgehead atoms. The van der Waals surface area contributed by atoms with E-state index in [1.54, 1.807) is 30.3 Å². The Kier molecular flexibility index (Phi) is 5.89. The van der Waals surface area contributed by atoms with E-state index >= 15 is 0 Å². The summed E-state index contributed by atoms with van der Waals surface area (Å²) in [6.07, 6.45) is 1.79. The van der Waals surface area contributed by atoms with Crippen molar-refractivity contribution in [2.75, 3.05) is 19.0 Å². The lowest BCUT2D eigenvalue weighted by atomic mass is 10.0. The minimum Gasteiger partial charge on any atom is -0.438 e. The number of Topliss-reactive ketones (excluding diaryl/α,β-unsaturated/α-hetero) is 1. The first-order chi connectivity index (χ1) is 15.0. The van der Waals surface area contributed by atoms with Crippen molar-refractivity contribution >= 4 is 22.4 Å². The zero-order chi connectivity index (χ0) is 21.8. The fourth-order valence-electron chi connectivity index (χ4n) is 3.31. The Morgan fingerprint density at radius 1 is 0.968 bits per heavy atom. The molecule has 0 spiro atoms. The third-order valence-electron chi connectivity index (χ3n) is 4.98. The van der Waals surface area contributed by atoms with Gasteiger partial charge in [-0.1, -0.05) is 30.3 Å². The minimum absolute atomic E-state index is 0.0442. The van der Waals surface area contributed by atoms with Gasteiger partial charge in [0.1, 0.15) is 23.7 Å². The summed E-state index contributed by atoms with van der Waals surface area (Å²) in [5.41, 5.74) is 3.10. The highest BCUT2D eigenvalue weighted by Crippen LogP contribution is 2.29. The number of ether oxygens (including phenoxy) is 1. The first-order valence-electron chi connectivity index (χ1n) is 9.93. The molecule has 1 heterocycles. The van der Waals surface area contributed by atoms with Crippen LogP contribution in [0.25, 0.3) is 10.9 Å². The van der Waals surface area contributed by atoms with E-state index in [1.807, 2.05) is 49.3 Å². The van der Waals surface area contributed by atoms with Crippen LogP contribution >= 0.6 is 0 Å². The van der Waals surface area contributed by atoms with Gasteiger partial charge in [0, 0.05) is 32.6 Å². The second-order valence-corrected chi connectivity index (χ2v) is 7.50. The predicted molar refractivity (Wildman–Crippen MR) is 119 cm³/mol. The van der Waals surface area contributed by atoms with Crippen LogP contribution in [0.2, 0.25) is 0 Å². The second kappa shape index (κ2) is 8.92. The molecule has 0 amide bonds. The molecule has 0 aliphatic carbocycles. The lowest BCUT2D eigenvalue weighted by Crippen LogP contribution is -2.08. The van der Waals surface area contributed by atoms with E-state index in [4.69, 9.17) is 4.74 Å². The van der Waals surface area contributed by atoms with Gasteiger partial charge in [-0.3, -0.25) is 4.79 Å². The van der Waals surface area contributed by atoms with Crippen molar-refractivity contribution in [1.29, 1.82) is 0 Å². The molecule has 0 saturated carbocycles.